The van der Waals surface area contributed by atoms with E-state index in [1.165, 1.54) is 11.1 Å². The molecule has 1 atom stereocenters. The molecule has 0 saturated carbocycles. The normalized spacial score (nSPS) is 18.5. The van der Waals surface area contributed by atoms with E-state index in [1.54, 1.807) is 6.82 Å². The average Bonchev–Trinajstić information content (AvgIpc) is 2.89. The van der Waals surface area contributed by atoms with Crippen LogP contribution in [0.15, 0.2) is 97.1 Å². The van der Waals surface area contributed by atoms with Crippen LogP contribution in [0.5, 0.6) is 0 Å². The summed E-state index contributed by atoms with van der Waals surface area (Å²) in [5, 5.41) is 24.2. The van der Waals surface area contributed by atoms with Gasteiger partial charge in [-0.2, -0.15) is 0 Å². The van der Waals surface area contributed by atoms with Crippen molar-refractivity contribution >= 4 is 23.5 Å². The number of fused-ring (bicyclic) bond motifs is 1. The van der Waals surface area contributed by atoms with E-state index in [2.05, 4.69) is 95.9 Å². The van der Waals surface area contributed by atoms with Gasteiger partial charge in [0.1, 0.15) is 5.60 Å². The number of β-amino-alcohol motifs (C(OH)–C–C–N with tert-alkyl or cyclic N) is 1. The Morgan fingerprint density at radius 3 is 2.14 bits per heavy atom. The first-order valence-electron chi connectivity index (χ1n) is 12.5. The molecule has 0 amide bonds. The standard InChI is InChI=1S/C30H33BN2O2/c1-31(35)33-19-9-18-30(34,23-33)29-15-8-14-26-16-17-27(20-28(26)29)32(21-24-10-4-2-5-11-24)22-25-12-6-3-7-13-25/h2-8,10-17,20,34-35H,9,18-19,21-23H2,1H3. The Morgan fingerprint density at radius 2 is 1.51 bits per heavy atom. The quantitative estimate of drug-likeness (QED) is 0.358. The van der Waals surface area contributed by atoms with Crippen molar-refractivity contribution in [1.82, 2.24) is 4.81 Å². The summed E-state index contributed by atoms with van der Waals surface area (Å²) in [7, 11) is -0.570. The van der Waals surface area contributed by atoms with Crippen LogP contribution in [0, 0.1) is 0 Å². The molecule has 4 aromatic carbocycles. The zero-order valence-electron chi connectivity index (χ0n) is 20.3. The average molecular weight is 464 g/mol. The lowest BCUT2D eigenvalue weighted by Gasteiger charge is -2.40. The molecule has 4 aromatic rings. The minimum Gasteiger partial charge on any atom is -0.437 e. The lowest BCUT2D eigenvalue weighted by molar-refractivity contribution is -0.0157. The first-order chi connectivity index (χ1) is 17.0. The van der Waals surface area contributed by atoms with Crippen molar-refractivity contribution in [3.63, 3.8) is 0 Å². The van der Waals surface area contributed by atoms with Crippen LogP contribution in [0.25, 0.3) is 10.8 Å². The van der Waals surface area contributed by atoms with E-state index in [-0.39, 0.29) is 0 Å². The predicted octanol–water partition coefficient (Wildman–Crippen LogP) is 5.44. The highest BCUT2D eigenvalue weighted by molar-refractivity contribution is 6.45. The maximum Gasteiger partial charge on any atom is 0.376 e. The van der Waals surface area contributed by atoms with E-state index >= 15 is 0 Å². The van der Waals surface area contributed by atoms with Crippen LogP contribution < -0.4 is 4.90 Å². The molecule has 4 nitrogen and oxygen atoms in total. The van der Waals surface area contributed by atoms with Gasteiger partial charge in [-0.05, 0) is 65.8 Å². The van der Waals surface area contributed by atoms with Gasteiger partial charge >= 0.3 is 7.05 Å². The number of rotatable bonds is 7. The molecule has 1 unspecified atom stereocenters. The molecular weight excluding hydrogens is 431 g/mol. The van der Waals surface area contributed by atoms with Crippen LogP contribution in [-0.2, 0) is 18.7 Å². The summed E-state index contributed by atoms with van der Waals surface area (Å²) in [5.41, 5.74) is 3.61. The Labute approximate surface area is 208 Å². The van der Waals surface area contributed by atoms with E-state index in [0.29, 0.717) is 13.0 Å². The van der Waals surface area contributed by atoms with Gasteiger partial charge in [0, 0.05) is 25.3 Å². The van der Waals surface area contributed by atoms with E-state index in [9.17, 15) is 10.1 Å². The summed E-state index contributed by atoms with van der Waals surface area (Å²) in [5.74, 6) is 0. The van der Waals surface area contributed by atoms with Gasteiger partial charge in [-0.15, -0.1) is 0 Å². The van der Waals surface area contributed by atoms with Crippen LogP contribution in [-0.4, -0.2) is 35.1 Å². The van der Waals surface area contributed by atoms with Crippen molar-refractivity contribution in [3.05, 3.63) is 114 Å². The molecule has 0 radical (unpaired) electrons. The van der Waals surface area contributed by atoms with Crippen molar-refractivity contribution in [2.45, 2.75) is 38.4 Å². The SMILES string of the molecule is CB(O)N1CCCC(O)(c2cccc3ccc(N(Cc4ccccc4)Cc4ccccc4)cc23)C1. The van der Waals surface area contributed by atoms with Gasteiger partial charge in [0.25, 0.3) is 0 Å². The van der Waals surface area contributed by atoms with Gasteiger partial charge in [0.2, 0.25) is 0 Å². The maximum absolute atomic E-state index is 11.8. The molecule has 5 heteroatoms. The number of aliphatic hydroxyl groups is 1. The summed E-state index contributed by atoms with van der Waals surface area (Å²) >= 11 is 0. The van der Waals surface area contributed by atoms with Gasteiger partial charge in [-0.25, -0.2) is 0 Å². The molecule has 1 saturated heterocycles. The summed E-state index contributed by atoms with van der Waals surface area (Å²) in [6.07, 6.45) is 1.54. The van der Waals surface area contributed by atoms with Crippen LogP contribution in [0.2, 0.25) is 6.82 Å². The number of piperidine rings is 1. The van der Waals surface area contributed by atoms with E-state index in [4.69, 9.17) is 0 Å². The van der Waals surface area contributed by atoms with E-state index < -0.39 is 12.7 Å². The number of hydrogen-bond acceptors (Lipinski definition) is 4. The fourth-order valence-electron chi connectivity index (χ4n) is 5.32. The lowest BCUT2D eigenvalue weighted by atomic mass is 9.76. The molecule has 5 rings (SSSR count). The van der Waals surface area contributed by atoms with Gasteiger partial charge in [-0.1, -0.05) is 84.9 Å². The highest BCUT2D eigenvalue weighted by Crippen LogP contribution is 2.37. The number of anilines is 1. The Hall–Kier alpha value is -3.12. The van der Waals surface area contributed by atoms with E-state index in [0.717, 1.165) is 48.1 Å². The summed E-state index contributed by atoms with van der Waals surface area (Å²) < 4.78 is 0. The van der Waals surface area contributed by atoms with E-state index in [1.807, 2.05) is 10.9 Å². The van der Waals surface area contributed by atoms with Gasteiger partial charge in [0.15, 0.2) is 0 Å². The maximum atomic E-state index is 11.8. The Morgan fingerprint density at radius 1 is 0.857 bits per heavy atom. The monoisotopic (exact) mass is 464 g/mol. The van der Waals surface area contributed by atoms with Crippen molar-refractivity contribution in [2.75, 3.05) is 18.0 Å². The predicted molar refractivity (Wildman–Crippen MR) is 145 cm³/mol. The highest BCUT2D eigenvalue weighted by Gasteiger charge is 2.38. The molecule has 0 bridgehead atoms. The molecule has 35 heavy (non-hydrogen) atoms. The lowest BCUT2D eigenvalue weighted by Crippen LogP contribution is -2.51. The van der Waals surface area contributed by atoms with Gasteiger partial charge in [0.05, 0.1) is 0 Å². The second-order valence-corrected chi connectivity index (χ2v) is 9.78. The summed E-state index contributed by atoms with van der Waals surface area (Å²) in [6, 6.07) is 33.9. The van der Waals surface area contributed by atoms with Crippen LogP contribution in [0.4, 0.5) is 5.69 Å². The number of benzene rings is 4. The largest absolute Gasteiger partial charge is 0.437 e. The molecule has 1 heterocycles. The summed E-state index contributed by atoms with van der Waals surface area (Å²) in [6.45, 7) is 4.61. The first-order valence-corrected chi connectivity index (χ1v) is 12.5. The van der Waals surface area contributed by atoms with Crippen molar-refractivity contribution < 1.29 is 10.1 Å². The number of hydrogen-bond donors (Lipinski definition) is 2. The third kappa shape index (κ3) is 5.28. The fourth-order valence-corrected chi connectivity index (χ4v) is 5.32. The first kappa shape index (κ1) is 23.6. The van der Waals surface area contributed by atoms with Crippen molar-refractivity contribution in [1.29, 1.82) is 0 Å². The Kier molecular flexibility index (Phi) is 6.91. The third-order valence-electron chi connectivity index (χ3n) is 7.19. The second-order valence-electron chi connectivity index (χ2n) is 9.78. The third-order valence-corrected chi connectivity index (χ3v) is 7.19. The molecule has 1 fully saturated rings. The van der Waals surface area contributed by atoms with Crippen molar-refractivity contribution in [3.8, 4) is 0 Å². The Balaban J connectivity index is 1.55. The molecule has 2 N–H and O–H groups in total. The molecule has 0 aliphatic carbocycles. The number of nitrogens with zero attached hydrogens (tertiary/aromatic N) is 2. The van der Waals surface area contributed by atoms with Crippen LogP contribution >= 0.6 is 0 Å². The Bertz CT molecular complexity index is 1220. The zero-order chi connectivity index (χ0) is 24.3. The highest BCUT2D eigenvalue weighted by atomic mass is 16.3. The smallest absolute Gasteiger partial charge is 0.376 e. The second kappa shape index (κ2) is 10.2. The zero-order valence-corrected chi connectivity index (χ0v) is 20.3. The molecular formula is C30H33BN2O2. The van der Waals surface area contributed by atoms with Crippen LogP contribution in [0.3, 0.4) is 0 Å². The minimum absolute atomic E-state index is 0.436. The molecule has 178 valence electrons. The minimum atomic E-state index is -0.989. The molecule has 1 aliphatic heterocycles. The topological polar surface area (TPSA) is 46.9 Å². The van der Waals surface area contributed by atoms with Gasteiger partial charge < -0.3 is 19.8 Å². The van der Waals surface area contributed by atoms with Gasteiger partial charge in [-0.3, -0.25) is 0 Å². The molecule has 0 aromatic heterocycles. The van der Waals surface area contributed by atoms with Crippen molar-refractivity contribution in [2.24, 2.45) is 0 Å². The summed E-state index contributed by atoms with van der Waals surface area (Å²) in [4.78, 5) is 4.36. The molecule has 1 aliphatic rings. The van der Waals surface area contributed by atoms with Crippen LogP contribution in [0.1, 0.15) is 29.5 Å². The molecule has 0 spiro atoms. The fraction of sp³-hybridized carbons (Fsp3) is 0.267.